The number of carbonyl (C=O) groups is 1. The van der Waals surface area contributed by atoms with Gasteiger partial charge in [0.25, 0.3) is 0 Å². The van der Waals surface area contributed by atoms with Crippen LogP contribution in [0.1, 0.15) is 37.6 Å². The summed E-state index contributed by atoms with van der Waals surface area (Å²) in [5, 5.41) is 15.8. The number of carbonyl (C=O) groups excluding carboxylic acids is 1. The fraction of sp³-hybridized carbons (Fsp3) is 0.471. The molecule has 1 amide bonds. The van der Waals surface area contributed by atoms with Crippen LogP contribution in [-0.2, 0) is 11.2 Å². The lowest BCUT2D eigenvalue weighted by Gasteiger charge is -2.13. The summed E-state index contributed by atoms with van der Waals surface area (Å²) in [6, 6.07) is 7.69. The molecule has 0 saturated heterocycles. The van der Waals surface area contributed by atoms with Crippen molar-refractivity contribution in [2.45, 2.75) is 45.6 Å². The van der Waals surface area contributed by atoms with Crippen molar-refractivity contribution in [1.82, 2.24) is 15.5 Å². The summed E-state index contributed by atoms with van der Waals surface area (Å²) in [5.74, 6) is 1.05. The molecule has 2 aromatic rings. The van der Waals surface area contributed by atoms with E-state index in [-0.39, 0.29) is 18.6 Å². The first-order chi connectivity index (χ1) is 11.1. The van der Waals surface area contributed by atoms with Gasteiger partial charge in [-0.05, 0) is 25.3 Å². The molecule has 23 heavy (non-hydrogen) atoms. The second kappa shape index (κ2) is 8.43. The summed E-state index contributed by atoms with van der Waals surface area (Å²) in [4.78, 5) is 16.1. The summed E-state index contributed by atoms with van der Waals surface area (Å²) < 4.78 is 5.25. The van der Waals surface area contributed by atoms with Gasteiger partial charge in [-0.15, -0.1) is 0 Å². The molecule has 0 saturated carbocycles. The van der Waals surface area contributed by atoms with Crippen LogP contribution in [0.15, 0.2) is 28.8 Å². The molecular weight excluding hydrogens is 294 g/mol. The fourth-order valence-corrected chi connectivity index (χ4v) is 2.27. The van der Waals surface area contributed by atoms with Gasteiger partial charge in [0.1, 0.15) is 0 Å². The van der Waals surface area contributed by atoms with E-state index in [0.717, 1.165) is 11.1 Å². The Hall–Kier alpha value is -2.21. The predicted octanol–water partition coefficient (Wildman–Crippen LogP) is 2.25. The molecule has 0 fully saturated rings. The lowest BCUT2D eigenvalue weighted by Crippen LogP contribution is -2.36. The van der Waals surface area contributed by atoms with Crippen molar-refractivity contribution >= 4 is 5.91 Å². The molecule has 6 nitrogen and oxygen atoms in total. The Morgan fingerprint density at radius 2 is 2.17 bits per heavy atom. The number of aliphatic hydroxyl groups excluding tert-OH is 1. The Labute approximate surface area is 135 Å². The van der Waals surface area contributed by atoms with E-state index in [2.05, 4.69) is 15.5 Å². The lowest BCUT2D eigenvalue weighted by atomic mass is 10.1. The molecule has 1 heterocycles. The first-order valence-corrected chi connectivity index (χ1v) is 7.92. The number of benzene rings is 1. The zero-order chi connectivity index (χ0) is 16.7. The highest BCUT2D eigenvalue weighted by atomic mass is 16.5. The van der Waals surface area contributed by atoms with Crippen LogP contribution < -0.4 is 5.32 Å². The van der Waals surface area contributed by atoms with Crippen molar-refractivity contribution in [2.24, 2.45) is 0 Å². The van der Waals surface area contributed by atoms with Gasteiger partial charge in [0.05, 0.1) is 12.6 Å². The second-order valence-electron chi connectivity index (χ2n) is 5.54. The maximum Gasteiger partial charge on any atom is 0.226 e. The van der Waals surface area contributed by atoms with Crippen molar-refractivity contribution in [2.75, 3.05) is 6.61 Å². The van der Waals surface area contributed by atoms with Crippen LogP contribution in [0.4, 0.5) is 0 Å². The van der Waals surface area contributed by atoms with E-state index >= 15 is 0 Å². The Kier molecular flexibility index (Phi) is 6.29. The van der Waals surface area contributed by atoms with Gasteiger partial charge in [-0.1, -0.05) is 36.3 Å². The molecule has 6 heteroatoms. The second-order valence-corrected chi connectivity index (χ2v) is 5.54. The summed E-state index contributed by atoms with van der Waals surface area (Å²) in [7, 11) is 0. The molecule has 1 aromatic heterocycles. The normalized spacial score (nSPS) is 12.1. The highest BCUT2D eigenvalue weighted by molar-refractivity contribution is 5.76. The van der Waals surface area contributed by atoms with E-state index in [0.29, 0.717) is 37.4 Å². The lowest BCUT2D eigenvalue weighted by molar-refractivity contribution is -0.122. The van der Waals surface area contributed by atoms with Crippen LogP contribution in [0.25, 0.3) is 11.4 Å². The van der Waals surface area contributed by atoms with Gasteiger partial charge in [-0.3, -0.25) is 4.79 Å². The maximum atomic E-state index is 11.7. The van der Waals surface area contributed by atoms with Crippen molar-refractivity contribution in [3.05, 3.63) is 35.7 Å². The standard InChI is InChI=1S/C17H23N3O3/c1-3-13(11-21)18-15(22)9-6-10-16-19-17(20-23-16)14-8-5-4-7-12(14)2/h4-5,7-8,13,21H,3,6,9-11H2,1-2H3,(H,18,22). The zero-order valence-corrected chi connectivity index (χ0v) is 13.6. The van der Waals surface area contributed by atoms with E-state index in [1.54, 1.807) is 0 Å². The smallest absolute Gasteiger partial charge is 0.226 e. The van der Waals surface area contributed by atoms with Gasteiger partial charge >= 0.3 is 0 Å². The fourth-order valence-electron chi connectivity index (χ4n) is 2.27. The Morgan fingerprint density at radius 3 is 2.87 bits per heavy atom. The molecule has 0 bridgehead atoms. The molecule has 0 aliphatic heterocycles. The quantitative estimate of drug-likeness (QED) is 0.779. The topological polar surface area (TPSA) is 88.2 Å². The van der Waals surface area contributed by atoms with Crippen LogP contribution in [0, 0.1) is 6.92 Å². The summed E-state index contributed by atoms with van der Waals surface area (Å²) in [6.07, 6.45) is 2.27. The molecule has 124 valence electrons. The number of amides is 1. The monoisotopic (exact) mass is 317 g/mol. The van der Waals surface area contributed by atoms with E-state index in [9.17, 15) is 4.79 Å². The third kappa shape index (κ3) is 4.89. The molecule has 1 aromatic carbocycles. The molecule has 0 aliphatic rings. The third-order valence-electron chi connectivity index (χ3n) is 3.73. The zero-order valence-electron chi connectivity index (χ0n) is 13.6. The van der Waals surface area contributed by atoms with E-state index < -0.39 is 0 Å². The van der Waals surface area contributed by atoms with E-state index in [1.807, 2.05) is 38.1 Å². The van der Waals surface area contributed by atoms with Gasteiger partial charge < -0.3 is 14.9 Å². The molecule has 2 rings (SSSR count). The number of hydrogen-bond acceptors (Lipinski definition) is 5. The minimum absolute atomic E-state index is 0.0360. The maximum absolute atomic E-state index is 11.7. The van der Waals surface area contributed by atoms with Gasteiger partial charge in [0.2, 0.25) is 17.6 Å². The van der Waals surface area contributed by atoms with Crippen LogP contribution in [0.3, 0.4) is 0 Å². The third-order valence-corrected chi connectivity index (χ3v) is 3.73. The highest BCUT2D eigenvalue weighted by Crippen LogP contribution is 2.20. The number of hydrogen-bond donors (Lipinski definition) is 2. The Morgan fingerprint density at radius 1 is 1.39 bits per heavy atom. The minimum Gasteiger partial charge on any atom is -0.394 e. The summed E-state index contributed by atoms with van der Waals surface area (Å²) in [6.45, 7) is 3.89. The van der Waals surface area contributed by atoms with E-state index in [1.165, 1.54) is 0 Å². The highest BCUT2D eigenvalue weighted by Gasteiger charge is 2.12. The molecule has 0 aliphatic carbocycles. The van der Waals surface area contributed by atoms with Crippen LogP contribution in [-0.4, -0.2) is 33.8 Å². The molecule has 1 unspecified atom stereocenters. The number of nitrogens with one attached hydrogen (secondary N) is 1. The number of aryl methyl sites for hydroxylation is 2. The van der Waals surface area contributed by atoms with Crippen molar-refractivity contribution in [1.29, 1.82) is 0 Å². The number of nitrogens with zero attached hydrogens (tertiary/aromatic N) is 2. The van der Waals surface area contributed by atoms with E-state index in [4.69, 9.17) is 9.63 Å². The van der Waals surface area contributed by atoms with Gasteiger partial charge in [-0.25, -0.2) is 0 Å². The number of aromatic nitrogens is 2. The first kappa shape index (κ1) is 17.1. The SMILES string of the molecule is CCC(CO)NC(=O)CCCc1nc(-c2ccccc2C)no1. The van der Waals surface area contributed by atoms with Gasteiger partial charge in [0, 0.05) is 18.4 Å². The average Bonchev–Trinajstić information content (AvgIpc) is 3.01. The molecule has 0 spiro atoms. The van der Waals surface area contributed by atoms with Crippen LogP contribution >= 0.6 is 0 Å². The molecule has 0 radical (unpaired) electrons. The van der Waals surface area contributed by atoms with Crippen molar-refractivity contribution < 1.29 is 14.4 Å². The number of rotatable bonds is 8. The first-order valence-electron chi connectivity index (χ1n) is 7.92. The van der Waals surface area contributed by atoms with Crippen molar-refractivity contribution in [3.63, 3.8) is 0 Å². The molecule has 1 atom stereocenters. The van der Waals surface area contributed by atoms with Crippen molar-refractivity contribution in [3.8, 4) is 11.4 Å². The van der Waals surface area contributed by atoms with Crippen LogP contribution in [0.2, 0.25) is 0 Å². The van der Waals surface area contributed by atoms with Gasteiger partial charge in [0.15, 0.2) is 0 Å². The molecule has 2 N–H and O–H groups in total. The average molecular weight is 317 g/mol. The van der Waals surface area contributed by atoms with Crippen LogP contribution in [0.5, 0.6) is 0 Å². The molecular formula is C17H23N3O3. The Balaban J connectivity index is 1.84. The summed E-state index contributed by atoms with van der Waals surface area (Å²) in [5.41, 5.74) is 2.04. The number of aliphatic hydroxyl groups is 1. The Bertz CT molecular complexity index is 636. The summed E-state index contributed by atoms with van der Waals surface area (Å²) >= 11 is 0. The van der Waals surface area contributed by atoms with Gasteiger partial charge in [-0.2, -0.15) is 4.98 Å². The predicted molar refractivity (Wildman–Crippen MR) is 86.7 cm³/mol. The minimum atomic E-state index is -0.168. The largest absolute Gasteiger partial charge is 0.394 e.